The number of nitrogens with zero attached hydrogens (tertiary/aromatic N) is 4. The van der Waals surface area contributed by atoms with Crippen LogP contribution in [0.25, 0.3) is 33.1 Å². The number of benzene rings is 2. The largest absolute Gasteiger partial charge is 0.480 e. The normalized spacial score (nSPS) is 12.0. The van der Waals surface area contributed by atoms with Gasteiger partial charge in [-0.25, -0.2) is 13.8 Å². The van der Waals surface area contributed by atoms with Crippen LogP contribution in [0.3, 0.4) is 0 Å². The third-order valence-electron chi connectivity index (χ3n) is 6.76. The van der Waals surface area contributed by atoms with Gasteiger partial charge in [-0.1, -0.05) is 19.6 Å². The second-order valence-corrected chi connectivity index (χ2v) is 16.7. The molecule has 0 amide bonds. The number of rotatable bonds is 10. The fourth-order valence-corrected chi connectivity index (χ4v) is 5.42. The third kappa shape index (κ3) is 5.79. The highest BCUT2D eigenvalue weighted by Gasteiger charge is 2.23. The number of aromatic nitrogens is 4. The van der Waals surface area contributed by atoms with Crippen LogP contribution >= 0.6 is 0 Å². The minimum absolute atomic E-state index is 0.117. The standard InChI is InChI=1S/C29H30F2N4O5Si/c1-33-14-21(19-9-10-34(26(19)29(33)38)17-39-11-12-41(2,3)4)20-6-7-23-27(35(16-32-23)15-25(36)37)28(20)40-24-8-5-18(30)13-22(24)31/h5-10,13-14,16H,11-12,15,17H2,1-4H3,(H,36,37). The van der Waals surface area contributed by atoms with E-state index >= 15 is 0 Å². The molecule has 5 rings (SSSR count). The summed E-state index contributed by atoms with van der Waals surface area (Å²) in [7, 11) is 0.338. The zero-order valence-corrected chi connectivity index (χ0v) is 24.1. The molecule has 0 radical (unpaired) electrons. The predicted octanol–water partition coefficient (Wildman–Crippen LogP) is 5.82. The number of imidazole rings is 1. The summed E-state index contributed by atoms with van der Waals surface area (Å²) in [6.45, 7) is 7.15. The van der Waals surface area contributed by atoms with E-state index in [-0.39, 0.29) is 23.8 Å². The van der Waals surface area contributed by atoms with Crippen molar-refractivity contribution in [3.63, 3.8) is 0 Å². The van der Waals surface area contributed by atoms with Crippen LogP contribution < -0.4 is 10.3 Å². The number of hydrogen-bond acceptors (Lipinski definition) is 5. The Morgan fingerprint density at radius 2 is 1.83 bits per heavy atom. The number of hydrogen-bond donors (Lipinski definition) is 1. The number of carboxylic acids is 1. The summed E-state index contributed by atoms with van der Waals surface area (Å²) in [5.74, 6) is -2.94. The molecule has 0 saturated heterocycles. The Hall–Kier alpha value is -4.29. The highest BCUT2D eigenvalue weighted by molar-refractivity contribution is 6.76. The lowest BCUT2D eigenvalue weighted by Gasteiger charge is -2.17. The monoisotopic (exact) mass is 580 g/mol. The molecule has 41 heavy (non-hydrogen) atoms. The van der Waals surface area contributed by atoms with Gasteiger partial charge in [-0.3, -0.25) is 9.59 Å². The van der Waals surface area contributed by atoms with E-state index in [2.05, 4.69) is 24.6 Å². The van der Waals surface area contributed by atoms with Crippen LogP contribution in [0.2, 0.25) is 25.7 Å². The van der Waals surface area contributed by atoms with Crippen molar-refractivity contribution in [1.82, 2.24) is 18.7 Å². The molecule has 3 aromatic heterocycles. The molecule has 1 N–H and O–H groups in total. The quantitative estimate of drug-likeness (QED) is 0.165. The highest BCUT2D eigenvalue weighted by Crippen LogP contribution is 2.42. The molecule has 0 bridgehead atoms. The van der Waals surface area contributed by atoms with Gasteiger partial charge in [0.2, 0.25) is 0 Å². The van der Waals surface area contributed by atoms with Gasteiger partial charge in [0.15, 0.2) is 17.3 Å². The van der Waals surface area contributed by atoms with Crippen LogP contribution in [-0.2, 0) is 29.9 Å². The fourth-order valence-electron chi connectivity index (χ4n) is 4.66. The first-order valence-corrected chi connectivity index (χ1v) is 16.7. The van der Waals surface area contributed by atoms with E-state index < -0.39 is 32.2 Å². The number of pyridine rings is 1. The lowest BCUT2D eigenvalue weighted by atomic mass is 10.0. The predicted molar refractivity (Wildman–Crippen MR) is 154 cm³/mol. The summed E-state index contributed by atoms with van der Waals surface area (Å²) in [5.41, 5.74) is 1.96. The van der Waals surface area contributed by atoms with E-state index in [4.69, 9.17) is 9.47 Å². The molecule has 9 nitrogen and oxygen atoms in total. The van der Waals surface area contributed by atoms with Crippen molar-refractivity contribution in [1.29, 1.82) is 0 Å². The topological polar surface area (TPSA) is 101 Å². The van der Waals surface area contributed by atoms with E-state index in [1.807, 2.05) is 0 Å². The van der Waals surface area contributed by atoms with Gasteiger partial charge < -0.3 is 28.3 Å². The number of carbonyl (C=O) groups is 1. The number of fused-ring (bicyclic) bond motifs is 2. The second-order valence-electron chi connectivity index (χ2n) is 11.1. The molecule has 2 aromatic carbocycles. The van der Waals surface area contributed by atoms with Gasteiger partial charge in [0.05, 0.1) is 11.8 Å². The number of aryl methyl sites for hydroxylation is 1. The van der Waals surface area contributed by atoms with E-state index in [1.165, 1.54) is 15.5 Å². The average molecular weight is 581 g/mol. The first kappa shape index (κ1) is 28.2. The molecular weight excluding hydrogens is 550 g/mol. The molecule has 0 aliphatic carbocycles. The molecule has 3 heterocycles. The zero-order chi connectivity index (χ0) is 29.5. The van der Waals surface area contributed by atoms with Crippen molar-refractivity contribution >= 4 is 36.0 Å². The van der Waals surface area contributed by atoms with Crippen LogP contribution in [0.1, 0.15) is 0 Å². The summed E-state index contributed by atoms with van der Waals surface area (Å²) in [5, 5.41) is 10.1. The Morgan fingerprint density at radius 1 is 1.05 bits per heavy atom. The minimum Gasteiger partial charge on any atom is -0.480 e. The molecule has 0 atom stereocenters. The van der Waals surface area contributed by atoms with Crippen LogP contribution in [0.5, 0.6) is 11.5 Å². The summed E-state index contributed by atoms with van der Waals surface area (Å²) in [6, 6.07) is 9.14. The Bertz CT molecular complexity index is 1840. The van der Waals surface area contributed by atoms with Crippen molar-refractivity contribution in [2.24, 2.45) is 7.05 Å². The maximum Gasteiger partial charge on any atom is 0.323 e. The second kappa shape index (κ2) is 10.9. The lowest BCUT2D eigenvalue weighted by molar-refractivity contribution is -0.137. The van der Waals surface area contributed by atoms with Crippen molar-refractivity contribution < 1.29 is 28.2 Å². The number of aliphatic carboxylic acids is 1. The van der Waals surface area contributed by atoms with Gasteiger partial charge in [-0.05, 0) is 36.4 Å². The molecular formula is C29H30F2N4O5Si. The molecule has 0 spiro atoms. The van der Waals surface area contributed by atoms with E-state index in [0.717, 1.165) is 18.2 Å². The first-order valence-electron chi connectivity index (χ1n) is 13.0. The zero-order valence-electron chi connectivity index (χ0n) is 23.1. The Balaban J connectivity index is 1.69. The number of ether oxygens (including phenoxy) is 2. The van der Waals surface area contributed by atoms with Gasteiger partial charge in [0.25, 0.3) is 5.56 Å². The van der Waals surface area contributed by atoms with Crippen LogP contribution in [-0.4, -0.2) is 44.4 Å². The fraction of sp³-hybridized carbons (Fsp3) is 0.276. The molecule has 0 aliphatic heterocycles. The van der Waals surface area contributed by atoms with Gasteiger partial charge >= 0.3 is 5.97 Å². The highest BCUT2D eigenvalue weighted by atomic mass is 28.3. The maximum atomic E-state index is 14.8. The van der Waals surface area contributed by atoms with Crippen molar-refractivity contribution in [3.8, 4) is 22.6 Å². The lowest BCUT2D eigenvalue weighted by Crippen LogP contribution is -2.23. The molecule has 0 unspecified atom stereocenters. The first-order chi connectivity index (χ1) is 19.4. The van der Waals surface area contributed by atoms with Crippen LogP contribution in [0, 0.1) is 11.6 Å². The van der Waals surface area contributed by atoms with Gasteiger partial charge in [0.1, 0.15) is 30.1 Å². The van der Waals surface area contributed by atoms with E-state index in [9.17, 15) is 23.5 Å². The summed E-state index contributed by atoms with van der Waals surface area (Å²) in [6.07, 6.45) is 4.78. The van der Waals surface area contributed by atoms with Crippen molar-refractivity contribution in [2.45, 2.75) is 39.0 Å². The van der Waals surface area contributed by atoms with Gasteiger partial charge in [-0.2, -0.15) is 0 Å². The van der Waals surface area contributed by atoms with Crippen molar-refractivity contribution in [2.75, 3.05) is 6.61 Å². The summed E-state index contributed by atoms with van der Waals surface area (Å²) in [4.78, 5) is 29.2. The Kier molecular flexibility index (Phi) is 7.54. The Labute approximate surface area is 235 Å². The third-order valence-corrected chi connectivity index (χ3v) is 8.47. The van der Waals surface area contributed by atoms with Crippen LogP contribution in [0.4, 0.5) is 8.78 Å². The average Bonchev–Trinajstić information content (AvgIpc) is 3.50. The number of halogens is 2. The minimum atomic E-state index is -1.29. The van der Waals surface area contributed by atoms with Crippen molar-refractivity contribution in [3.05, 3.63) is 77.1 Å². The van der Waals surface area contributed by atoms with Gasteiger partial charge in [-0.15, -0.1) is 0 Å². The summed E-state index contributed by atoms with van der Waals surface area (Å²) < 4.78 is 45.0. The summed E-state index contributed by atoms with van der Waals surface area (Å²) >= 11 is 0. The van der Waals surface area contributed by atoms with Gasteiger partial charge in [0, 0.05) is 56.7 Å². The molecule has 0 saturated carbocycles. The van der Waals surface area contributed by atoms with E-state index in [1.54, 1.807) is 42.2 Å². The van der Waals surface area contributed by atoms with Crippen LogP contribution in [0.15, 0.2) is 59.9 Å². The molecule has 5 aromatic rings. The smallest absolute Gasteiger partial charge is 0.323 e. The Morgan fingerprint density at radius 3 is 2.54 bits per heavy atom. The van der Waals surface area contributed by atoms with E-state index in [0.29, 0.717) is 45.7 Å². The maximum absolute atomic E-state index is 14.8. The molecule has 0 aliphatic rings. The molecule has 0 fully saturated rings. The number of carboxylic acid groups (broad SMARTS) is 1. The molecule has 12 heteroatoms. The molecule has 214 valence electrons. The SMILES string of the molecule is Cn1cc(-c2ccc3ncn(CC(=O)O)c3c2Oc2ccc(F)cc2F)c2ccn(COCC[Si](C)(C)C)c2c1=O.